The minimum absolute atomic E-state index is 0.0404. The van der Waals surface area contributed by atoms with Gasteiger partial charge >= 0.3 is 5.97 Å². The quantitative estimate of drug-likeness (QED) is 0.638. The molecule has 1 amide bonds. The van der Waals surface area contributed by atoms with Gasteiger partial charge in [0.2, 0.25) is 5.91 Å². The number of hydrogen-bond acceptors (Lipinski definition) is 3. The van der Waals surface area contributed by atoms with Gasteiger partial charge in [0.25, 0.3) is 0 Å². The molecular formula is C15H27NO4. The molecule has 1 rings (SSSR count). The van der Waals surface area contributed by atoms with E-state index in [2.05, 4.69) is 5.32 Å². The van der Waals surface area contributed by atoms with Gasteiger partial charge < -0.3 is 15.2 Å². The van der Waals surface area contributed by atoms with Crippen LogP contribution in [0.3, 0.4) is 0 Å². The summed E-state index contributed by atoms with van der Waals surface area (Å²) in [6.07, 6.45) is 5.99. The first-order chi connectivity index (χ1) is 9.54. The number of ether oxygens (including phenoxy) is 1. The lowest BCUT2D eigenvalue weighted by Gasteiger charge is -2.25. The molecule has 0 radical (unpaired) electrons. The van der Waals surface area contributed by atoms with Crippen molar-refractivity contribution in [3.63, 3.8) is 0 Å². The van der Waals surface area contributed by atoms with Gasteiger partial charge in [-0.1, -0.05) is 26.7 Å². The molecule has 116 valence electrons. The highest BCUT2D eigenvalue weighted by molar-refractivity contribution is 5.84. The maximum atomic E-state index is 11.8. The van der Waals surface area contributed by atoms with Crippen molar-refractivity contribution in [1.82, 2.24) is 5.32 Å². The second-order valence-electron chi connectivity index (χ2n) is 5.60. The molecule has 0 spiro atoms. The van der Waals surface area contributed by atoms with Crippen molar-refractivity contribution in [3.05, 3.63) is 0 Å². The third-order valence-corrected chi connectivity index (χ3v) is 4.39. The lowest BCUT2D eigenvalue weighted by molar-refractivity contribution is -0.152. The molecule has 0 aromatic carbocycles. The molecule has 1 fully saturated rings. The summed E-state index contributed by atoms with van der Waals surface area (Å²) >= 11 is 0. The van der Waals surface area contributed by atoms with E-state index in [1.54, 1.807) is 0 Å². The highest BCUT2D eigenvalue weighted by Gasteiger charge is 2.36. The van der Waals surface area contributed by atoms with Gasteiger partial charge in [-0.2, -0.15) is 0 Å². The van der Waals surface area contributed by atoms with E-state index in [-0.39, 0.29) is 12.3 Å². The highest BCUT2D eigenvalue weighted by Crippen LogP contribution is 2.30. The summed E-state index contributed by atoms with van der Waals surface area (Å²) in [4.78, 5) is 23.2. The first kappa shape index (κ1) is 17.0. The highest BCUT2D eigenvalue weighted by atomic mass is 16.5. The van der Waals surface area contributed by atoms with Crippen LogP contribution >= 0.6 is 0 Å². The van der Waals surface area contributed by atoms with Gasteiger partial charge in [-0.3, -0.25) is 9.59 Å². The lowest BCUT2D eigenvalue weighted by Crippen LogP contribution is -2.38. The summed E-state index contributed by atoms with van der Waals surface area (Å²) in [6, 6.07) is 0. The Morgan fingerprint density at radius 1 is 1.25 bits per heavy atom. The van der Waals surface area contributed by atoms with E-state index < -0.39 is 11.4 Å². The number of carboxylic acids is 1. The third kappa shape index (κ3) is 4.78. The number of aliphatic carboxylic acids is 1. The molecule has 0 aromatic rings. The minimum Gasteiger partial charge on any atom is -0.481 e. The number of carbonyl (C=O) groups is 2. The van der Waals surface area contributed by atoms with Crippen LogP contribution in [0.25, 0.3) is 0 Å². The lowest BCUT2D eigenvalue weighted by atomic mass is 9.79. The van der Waals surface area contributed by atoms with Crippen LogP contribution in [0.2, 0.25) is 0 Å². The standard InChI is InChI=1S/C15H27NO4/c1-3-15(4-2,14(18)19)11-13(17)16-9-10-20-12-7-5-6-8-12/h12H,3-11H2,1-2H3,(H,16,17)(H,18,19). The number of nitrogens with one attached hydrogen (secondary N) is 1. The van der Waals surface area contributed by atoms with Gasteiger partial charge in [-0.15, -0.1) is 0 Å². The molecule has 1 aliphatic carbocycles. The van der Waals surface area contributed by atoms with Gasteiger partial charge in [-0.25, -0.2) is 0 Å². The summed E-state index contributed by atoms with van der Waals surface area (Å²) in [5.41, 5.74) is -0.934. The van der Waals surface area contributed by atoms with Crippen LogP contribution in [-0.4, -0.2) is 36.2 Å². The van der Waals surface area contributed by atoms with Gasteiger partial charge in [0.15, 0.2) is 0 Å². The van der Waals surface area contributed by atoms with Crippen LogP contribution in [0, 0.1) is 5.41 Å². The summed E-state index contributed by atoms with van der Waals surface area (Å²) in [6.45, 7) is 4.59. The molecule has 1 aliphatic rings. The predicted molar refractivity (Wildman–Crippen MR) is 76.5 cm³/mol. The van der Waals surface area contributed by atoms with Gasteiger partial charge in [0.05, 0.1) is 18.1 Å². The summed E-state index contributed by atoms with van der Waals surface area (Å²) in [5, 5.41) is 12.0. The van der Waals surface area contributed by atoms with E-state index in [0.29, 0.717) is 32.1 Å². The molecule has 1 saturated carbocycles. The van der Waals surface area contributed by atoms with Crippen molar-refractivity contribution in [1.29, 1.82) is 0 Å². The molecule has 0 bridgehead atoms. The Labute approximate surface area is 121 Å². The Morgan fingerprint density at radius 3 is 2.35 bits per heavy atom. The SMILES string of the molecule is CCC(CC)(CC(=O)NCCOC1CCCC1)C(=O)O. The van der Waals surface area contributed by atoms with Crippen LogP contribution in [0.1, 0.15) is 58.8 Å². The fourth-order valence-corrected chi connectivity index (χ4v) is 2.72. The van der Waals surface area contributed by atoms with E-state index >= 15 is 0 Å². The summed E-state index contributed by atoms with van der Waals surface area (Å²) in [7, 11) is 0. The third-order valence-electron chi connectivity index (χ3n) is 4.39. The first-order valence-electron chi connectivity index (χ1n) is 7.65. The van der Waals surface area contributed by atoms with Crippen LogP contribution in [0.5, 0.6) is 0 Å². The van der Waals surface area contributed by atoms with Crippen molar-refractivity contribution in [3.8, 4) is 0 Å². The Bertz CT molecular complexity index is 320. The van der Waals surface area contributed by atoms with E-state index in [1.807, 2.05) is 13.8 Å². The van der Waals surface area contributed by atoms with E-state index in [4.69, 9.17) is 4.74 Å². The Hall–Kier alpha value is -1.10. The molecule has 5 heteroatoms. The molecule has 0 unspecified atom stereocenters. The van der Waals surface area contributed by atoms with Crippen molar-refractivity contribution >= 4 is 11.9 Å². The molecule has 5 nitrogen and oxygen atoms in total. The zero-order chi connectivity index (χ0) is 15.0. The maximum Gasteiger partial charge on any atom is 0.310 e. The second-order valence-corrected chi connectivity index (χ2v) is 5.60. The van der Waals surface area contributed by atoms with E-state index in [1.165, 1.54) is 12.8 Å². The number of carbonyl (C=O) groups excluding carboxylic acids is 1. The normalized spacial score (nSPS) is 16.3. The van der Waals surface area contributed by atoms with Gasteiger partial charge in [0, 0.05) is 13.0 Å². The van der Waals surface area contributed by atoms with Crippen LogP contribution in [0.4, 0.5) is 0 Å². The molecular weight excluding hydrogens is 258 g/mol. The van der Waals surface area contributed by atoms with Crippen molar-refractivity contribution in [2.45, 2.75) is 64.9 Å². The average molecular weight is 285 g/mol. The predicted octanol–water partition coefficient (Wildman–Crippen LogP) is 2.34. The number of rotatable bonds is 9. The molecule has 2 N–H and O–H groups in total. The largest absolute Gasteiger partial charge is 0.481 e. The van der Waals surface area contributed by atoms with Crippen LogP contribution in [-0.2, 0) is 14.3 Å². The Morgan fingerprint density at radius 2 is 1.85 bits per heavy atom. The van der Waals surface area contributed by atoms with Gasteiger partial charge in [0.1, 0.15) is 0 Å². The van der Waals surface area contributed by atoms with Crippen LogP contribution < -0.4 is 5.32 Å². The molecule has 0 aromatic heterocycles. The first-order valence-corrected chi connectivity index (χ1v) is 7.65. The molecule has 0 aliphatic heterocycles. The van der Waals surface area contributed by atoms with Crippen molar-refractivity contribution in [2.24, 2.45) is 5.41 Å². The van der Waals surface area contributed by atoms with Crippen molar-refractivity contribution < 1.29 is 19.4 Å². The molecule has 0 atom stereocenters. The molecule has 0 heterocycles. The summed E-state index contributed by atoms with van der Waals surface area (Å²) < 4.78 is 5.65. The van der Waals surface area contributed by atoms with Crippen molar-refractivity contribution in [2.75, 3.05) is 13.2 Å². The molecule has 20 heavy (non-hydrogen) atoms. The zero-order valence-electron chi connectivity index (χ0n) is 12.6. The monoisotopic (exact) mass is 285 g/mol. The topological polar surface area (TPSA) is 75.6 Å². The molecule has 0 saturated heterocycles. The Kier molecular flexibility index (Phi) is 6.99. The fraction of sp³-hybridized carbons (Fsp3) is 0.867. The second kappa shape index (κ2) is 8.25. The number of hydrogen-bond donors (Lipinski definition) is 2. The smallest absolute Gasteiger partial charge is 0.310 e. The fourth-order valence-electron chi connectivity index (χ4n) is 2.72. The van der Waals surface area contributed by atoms with E-state index in [9.17, 15) is 14.7 Å². The average Bonchev–Trinajstić information content (AvgIpc) is 2.94. The Balaban J connectivity index is 2.25. The number of carboxylic acid groups (broad SMARTS) is 1. The maximum absolute atomic E-state index is 11.8. The van der Waals surface area contributed by atoms with Gasteiger partial charge in [-0.05, 0) is 25.7 Å². The van der Waals surface area contributed by atoms with Crippen LogP contribution in [0.15, 0.2) is 0 Å². The summed E-state index contributed by atoms with van der Waals surface area (Å²) in [5.74, 6) is -1.09. The number of amides is 1. The minimum atomic E-state index is -0.934. The zero-order valence-corrected chi connectivity index (χ0v) is 12.6. The van der Waals surface area contributed by atoms with E-state index in [0.717, 1.165) is 12.8 Å².